The Morgan fingerprint density at radius 1 is 0.935 bits per heavy atom. The Balaban J connectivity index is 1.86. The van der Waals surface area contributed by atoms with Crippen LogP contribution < -0.4 is 10.6 Å². The maximum Gasteiger partial charge on any atom is 0.251 e. The number of rotatable bonds is 7. The number of nitrogens with one attached hydrogen (secondary N) is 2. The molecule has 0 heterocycles. The molecule has 0 bridgehead atoms. The Labute approximate surface area is 182 Å². The molecule has 1 amide bonds. The first-order valence-corrected chi connectivity index (χ1v) is 9.73. The van der Waals surface area contributed by atoms with Crippen LogP contribution in [0.25, 0.3) is 0 Å². The number of aryl methyl sites for hydroxylation is 1. The van der Waals surface area contributed by atoms with Gasteiger partial charge >= 0.3 is 0 Å². The van der Waals surface area contributed by atoms with Crippen molar-refractivity contribution in [3.8, 4) is 0 Å². The van der Waals surface area contributed by atoms with Crippen molar-refractivity contribution in [2.24, 2.45) is 0 Å². The standard InChI is InChI=1S/C23H19ClF2N2O3/c1-13-2-3-14(23(31)27-6-7-29)8-20(13)22(30)19-5-4-17(12-21(19)24)28-18-10-15(25)9-16(26)11-18/h2-5,8-12,28-29H,6-7H2,1H3,(H,27,31). The summed E-state index contributed by atoms with van der Waals surface area (Å²) < 4.78 is 26.7. The van der Waals surface area contributed by atoms with Crippen LogP contribution in [0, 0.1) is 18.6 Å². The summed E-state index contributed by atoms with van der Waals surface area (Å²) in [7, 11) is 0. The van der Waals surface area contributed by atoms with E-state index < -0.39 is 17.5 Å². The van der Waals surface area contributed by atoms with Crippen LogP contribution in [-0.2, 0) is 0 Å². The lowest BCUT2D eigenvalue weighted by Gasteiger charge is -2.12. The van der Waals surface area contributed by atoms with Gasteiger partial charge in [-0.25, -0.2) is 8.78 Å². The molecule has 0 aliphatic rings. The number of ketones is 1. The highest BCUT2D eigenvalue weighted by atomic mass is 35.5. The van der Waals surface area contributed by atoms with Gasteiger partial charge in [0.2, 0.25) is 0 Å². The molecule has 0 fully saturated rings. The van der Waals surface area contributed by atoms with E-state index in [2.05, 4.69) is 10.6 Å². The van der Waals surface area contributed by atoms with Gasteiger partial charge in [0.1, 0.15) is 11.6 Å². The Bertz CT molecular complexity index is 1130. The van der Waals surface area contributed by atoms with Crippen molar-refractivity contribution in [3.63, 3.8) is 0 Å². The summed E-state index contributed by atoms with van der Waals surface area (Å²) in [6.07, 6.45) is 0. The molecule has 0 spiro atoms. The summed E-state index contributed by atoms with van der Waals surface area (Å²) in [5, 5.41) is 14.4. The fourth-order valence-electron chi connectivity index (χ4n) is 2.99. The van der Waals surface area contributed by atoms with E-state index in [0.29, 0.717) is 16.8 Å². The molecule has 0 aliphatic carbocycles. The molecule has 0 saturated carbocycles. The van der Waals surface area contributed by atoms with Crippen LogP contribution in [0.5, 0.6) is 0 Å². The van der Waals surface area contributed by atoms with Crippen LogP contribution in [0.4, 0.5) is 20.2 Å². The Morgan fingerprint density at radius 2 is 1.65 bits per heavy atom. The average molecular weight is 445 g/mol. The molecule has 3 N–H and O–H groups in total. The number of hydrogen-bond donors (Lipinski definition) is 3. The van der Waals surface area contributed by atoms with E-state index in [-0.39, 0.29) is 40.8 Å². The van der Waals surface area contributed by atoms with E-state index >= 15 is 0 Å². The van der Waals surface area contributed by atoms with Gasteiger partial charge in [-0.1, -0.05) is 17.7 Å². The minimum atomic E-state index is -0.723. The smallest absolute Gasteiger partial charge is 0.251 e. The third-order valence-corrected chi connectivity index (χ3v) is 4.82. The zero-order valence-electron chi connectivity index (χ0n) is 16.5. The van der Waals surface area contributed by atoms with Crippen molar-refractivity contribution in [3.05, 3.63) is 93.5 Å². The number of carbonyl (C=O) groups is 2. The zero-order valence-corrected chi connectivity index (χ0v) is 17.3. The molecule has 0 aromatic heterocycles. The van der Waals surface area contributed by atoms with E-state index in [4.69, 9.17) is 16.7 Å². The van der Waals surface area contributed by atoms with Crippen molar-refractivity contribution >= 4 is 34.7 Å². The summed E-state index contributed by atoms with van der Waals surface area (Å²) in [5.41, 5.74) is 2.12. The third-order valence-electron chi connectivity index (χ3n) is 4.51. The van der Waals surface area contributed by atoms with Crippen molar-refractivity contribution in [1.82, 2.24) is 5.32 Å². The van der Waals surface area contributed by atoms with Crippen LogP contribution in [-0.4, -0.2) is 29.9 Å². The fourth-order valence-corrected chi connectivity index (χ4v) is 3.26. The second-order valence-electron chi connectivity index (χ2n) is 6.82. The van der Waals surface area contributed by atoms with Gasteiger partial charge in [0.25, 0.3) is 5.91 Å². The van der Waals surface area contributed by atoms with Crippen molar-refractivity contribution in [1.29, 1.82) is 0 Å². The highest BCUT2D eigenvalue weighted by molar-refractivity contribution is 6.35. The summed E-state index contributed by atoms with van der Waals surface area (Å²) in [6, 6.07) is 12.3. The summed E-state index contributed by atoms with van der Waals surface area (Å²) in [6.45, 7) is 1.65. The highest BCUT2D eigenvalue weighted by Crippen LogP contribution is 2.27. The first kappa shape index (κ1) is 22.4. The number of amides is 1. The molecule has 3 aromatic carbocycles. The molecule has 160 valence electrons. The Morgan fingerprint density at radius 3 is 2.29 bits per heavy atom. The van der Waals surface area contributed by atoms with E-state index in [1.807, 2.05) is 0 Å². The van der Waals surface area contributed by atoms with E-state index in [1.54, 1.807) is 25.1 Å². The Kier molecular flexibility index (Phi) is 6.99. The van der Waals surface area contributed by atoms with Gasteiger partial charge in [0.15, 0.2) is 5.78 Å². The van der Waals surface area contributed by atoms with Crippen LogP contribution in [0.2, 0.25) is 5.02 Å². The number of aliphatic hydroxyl groups is 1. The highest BCUT2D eigenvalue weighted by Gasteiger charge is 2.18. The average Bonchev–Trinajstić information content (AvgIpc) is 2.71. The largest absolute Gasteiger partial charge is 0.395 e. The second-order valence-corrected chi connectivity index (χ2v) is 7.22. The van der Waals surface area contributed by atoms with Gasteiger partial charge in [-0.3, -0.25) is 9.59 Å². The predicted octanol–water partition coefficient (Wildman–Crippen LogP) is 4.62. The normalized spacial score (nSPS) is 10.6. The Hall–Kier alpha value is -3.29. The molecule has 0 radical (unpaired) electrons. The molecule has 0 saturated heterocycles. The van der Waals surface area contributed by atoms with Gasteiger partial charge < -0.3 is 15.7 Å². The lowest BCUT2D eigenvalue weighted by atomic mass is 9.96. The molecular formula is C23H19ClF2N2O3. The minimum absolute atomic E-state index is 0.103. The number of carbonyl (C=O) groups excluding carboxylic acids is 2. The quantitative estimate of drug-likeness (QED) is 0.464. The van der Waals surface area contributed by atoms with Crippen molar-refractivity contribution in [2.45, 2.75) is 6.92 Å². The van der Waals surface area contributed by atoms with Crippen LogP contribution >= 0.6 is 11.6 Å². The second kappa shape index (κ2) is 9.68. The molecule has 31 heavy (non-hydrogen) atoms. The molecule has 3 rings (SSSR count). The number of benzene rings is 3. The number of halogens is 3. The molecule has 0 aliphatic heterocycles. The zero-order chi connectivity index (χ0) is 22.5. The molecule has 0 unspecified atom stereocenters. The van der Waals surface area contributed by atoms with Crippen LogP contribution in [0.3, 0.4) is 0 Å². The molecular weight excluding hydrogens is 426 g/mol. The molecule has 5 nitrogen and oxygen atoms in total. The summed E-state index contributed by atoms with van der Waals surface area (Å²) in [4.78, 5) is 25.2. The van der Waals surface area contributed by atoms with Gasteiger partial charge in [-0.05, 0) is 55.0 Å². The lowest BCUT2D eigenvalue weighted by molar-refractivity contribution is 0.0944. The topological polar surface area (TPSA) is 78.4 Å². The van der Waals surface area contributed by atoms with E-state index in [1.165, 1.54) is 18.2 Å². The maximum absolute atomic E-state index is 13.4. The number of aliphatic hydroxyl groups excluding tert-OH is 1. The predicted molar refractivity (Wildman–Crippen MR) is 115 cm³/mol. The fraction of sp³-hybridized carbons (Fsp3) is 0.130. The van der Waals surface area contributed by atoms with Gasteiger partial charge in [0, 0.05) is 40.7 Å². The SMILES string of the molecule is Cc1ccc(C(=O)NCCO)cc1C(=O)c1ccc(Nc2cc(F)cc(F)c2)cc1Cl. The van der Waals surface area contributed by atoms with Crippen LogP contribution in [0.15, 0.2) is 54.6 Å². The van der Waals surface area contributed by atoms with E-state index in [0.717, 1.165) is 18.2 Å². The first-order valence-electron chi connectivity index (χ1n) is 9.35. The minimum Gasteiger partial charge on any atom is -0.395 e. The number of anilines is 2. The first-order chi connectivity index (χ1) is 14.8. The lowest BCUT2D eigenvalue weighted by Crippen LogP contribution is -2.26. The van der Waals surface area contributed by atoms with Crippen LogP contribution in [0.1, 0.15) is 31.8 Å². The maximum atomic E-state index is 13.4. The molecule has 8 heteroatoms. The van der Waals surface area contributed by atoms with Gasteiger partial charge in [-0.15, -0.1) is 0 Å². The molecule has 3 aromatic rings. The summed E-state index contributed by atoms with van der Waals surface area (Å²) in [5.74, 6) is -2.23. The number of hydrogen-bond acceptors (Lipinski definition) is 4. The monoisotopic (exact) mass is 444 g/mol. The van der Waals surface area contributed by atoms with Crippen molar-refractivity contribution in [2.75, 3.05) is 18.5 Å². The van der Waals surface area contributed by atoms with Crippen molar-refractivity contribution < 1.29 is 23.5 Å². The molecule has 0 atom stereocenters. The van der Waals surface area contributed by atoms with Gasteiger partial charge in [-0.2, -0.15) is 0 Å². The third kappa shape index (κ3) is 5.45. The van der Waals surface area contributed by atoms with Gasteiger partial charge in [0.05, 0.1) is 11.6 Å². The summed E-state index contributed by atoms with van der Waals surface area (Å²) >= 11 is 6.31. The van der Waals surface area contributed by atoms with E-state index in [9.17, 15) is 18.4 Å².